The van der Waals surface area contributed by atoms with E-state index in [1.807, 2.05) is 35.7 Å². The number of hydrogen-bond donors (Lipinski definition) is 1. The van der Waals surface area contributed by atoms with Crippen LogP contribution in [0.15, 0.2) is 65.1 Å². The van der Waals surface area contributed by atoms with Gasteiger partial charge >= 0.3 is 6.18 Å². The van der Waals surface area contributed by atoms with E-state index in [1.165, 1.54) is 29.7 Å². The summed E-state index contributed by atoms with van der Waals surface area (Å²) in [7, 11) is 0. The standard InChI is InChI=1S/C17H12F3N3S/c18-17(19,20)14-8-6-12(7-9-14)10-21-23-16-22-15(11-24-16)13-4-2-1-3-5-13/h1-11H,(H,22,23)/b21-10+. The molecule has 3 rings (SSSR count). The van der Waals surface area contributed by atoms with Crippen molar-refractivity contribution in [3.05, 3.63) is 71.1 Å². The first-order valence-corrected chi connectivity index (χ1v) is 7.87. The lowest BCUT2D eigenvalue weighted by Crippen LogP contribution is -2.04. The predicted molar refractivity (Wildman–Crippen MR) is 90.2 cm³/mol. The largest absolute Gasteiger partial charge is 0.416 e. The molecule has 0 aliphatic heterocycles. The Morgan fingerprint density at radius 1 is 1.00 bits per heavy atom. The summed E-state index contributed by atoms with van der Waals surface area (Å²) in [6.45, 7) is 0. The Hall–Kier alpha value is -2.67. The highest BCUT2D eigenvalue weighted by Crippen LogP contribution is 2.29. The molecule has 1 aromatic heterocycles. The van der Waals surface area contributed by atoms with Crippen molar-refractivity contribution in [1.29, 1.82) is 0 Å². The molecule has 0 bridgehead atoms. The summed E-state index contributed by atoms with van der Waals surface area (Å²) in [6, 6.07) is 14.5. The number of hydrogen-bond acceptors (Lipinski definition) is 4. The molecule has 0 fully saturated rings. The summed E-state index contributed by atoms with van der Waals surface area (Å²) >= 11 is 1.40. The van der Waals surface area contributed by atoms with Crippen molar-refractivity contribution in [3.63, 3.8) is 0 Å². The van der Waals surface area contributed by atoms with Crippen LogP contribution in [0.25, 0.3) is 11.3 Å². The van der Waals surface area contributed by atoms with Crippen LogP contribution in [-0.2, 0) is 6.18 Å². The molecule has 122 valence electrons. The Kier molecular flexibility index (Phi) is 4.61. The third kappa shape index (κ3) is 3.99. The minimum absolute atomic E-state index is 0.565. The molecule has 0 aliphatic rings. The molecule has 3 nitrogen and oxygen atoms in total. The minimum Gasteiger partial charge on any atom is -0.253 e. The fraction of sp³-hybridized carbons (Fsp3) is 0.0588. The van der Waals surface area contributed by atoms with E-state index in [0.29, 0.717) is 10.7 Å². The highest BCUT2D eigenvalue weighted by atomic mass is 32.1. The van der Waals surface area contributed by atoms with Gasteiger partial charge in [-0.1, -0.05) is 42.5 Å². The highest BCUT2D eigenvalue weighted by Gasteiger charge is 2.29. The number of hydrazone groups is 1. The Bertz CT molecular complexity index is 824. The lowest BCUT2D eigenvalue weighted by Gasteiger charge is -2.05. The maximum atomic E-state index is 12.5. The molecule has 0 saturated carbocycles. The normalized spacial score (nSPS) is 11.8. The first-order chi connectivity index (χ1) is 11.5. The second-order valence-electron chi connectivity index (χ2n) is 4.89. The molecular formula is C17H12F3N3S. The highest BCUT2D eigenvalue weighted by molar-refractivity contribution is 7.14. The number of aromatic nitrogens is 1. The van der Waals surface area contributed by atoms with E-state index in [9.17, 15) is 13.2 Å². The number of benzene rings is 2. The van der Waals surface area contributed by atoms with Gasteiger partial charge < -0.3 is 0 Å². The Balaban J connectivity index is 1.64. The zero-order valence-corrected chi connectivity index (χ0v) is 13.1. The lowest BCUT2D eigenvalue weighted by molar-refractivity contribution is -0.137. The van der Waals surface area contributed by atoms with Crippen LogP contribution in [0.4, 0.5) is 18.3 Å². The molecular weight excluding hydrogens is 335 g/mol. The van der Waals surface area contributed by atoms with Crippen LogP contribution in [0.2, 0.25) is 0 Å². The maximum Gasteiger partial charge on any atom is 0.416 e. The molecule has 2 aromatic carbocycles. The van der Waals surface area contributed by atoms with Crippen molar-refractivity contribution in [2.75, 3.05) is 5.43 Å². The average molecular weight is 347 g/mol. The molecule has 3 aromatic rings. The van der Waals surface area contributed by atoms with E-state index >= 15 is 0 Å². The number of nitrogens with one attached hydrogen (secondary N) is 1. The molecule has 0 amide bonds. The van der Waals surface area contributed by atoms with Crippen LogP contribution in [0.1, 0.15) is 11.1 Å². The topological polar surface area (TPSA) is 37.3 Å². The van der Waals surface area contributed by atoms with Gasteiger partial charge in [-0.05, 0) is 17.7 Å². The summed E-state index contributed by atoms with van der Waals surface area (Å²) in [5.74, 6) is 0. The smallest absolute Gasteiger partial charge is 0.253 e. The van der Waals surface area contributed by atoms with Crippen LogP contribution in [-0.4, -0.2) is 11.2 Å². The third-order valence-corrected chi connectivity index (χ3v) is 3.93. The Morgan fingerprint density at radius 3 is 2.38 bits per heavy atom. The third-order valence-electron chi connectivity index (χ3n) is 3.19. The van der Waals surface area contributed by atoms with Gasteiger partial charge in [-0.2, -0.15) is 18.3 Å². The average Bonchev–Trinajstić information content (AvgIpc) is 3.04. The van der Waals surface area contributed by atoms with Gasteiger partial charge in [0, 0.05) is 10.9 Å². The molecule has 0 spiro atoms. The van der Waals surface area contributed by atoms with Crippen LogP contribution in [0, 0.1) is 0 Å². The number of alkyl halides is 3. The summed E-state index contributed by atoms with van der Waals surface area (Å²) in [5.41, 5.74) is 4.52. The van der Waals surface area contributed by atoms with Gasteiger partial charge in [0.25, 0.3) is 0 Å². The first-order valence-electron chi connectivity index (χ1n) is 7.00. The van der Waals surface area contributed by atoms with E-state index in [4.69, 9.17) is 0 Å². The number of nitrogens with zero attached hydrogens (tertiary/aromatic N) is 2. The predicted octanol–water partition coefficient (Wildman–Crippen LogP) is 5.27. The van der Waals surface area contributed by atoms with Crippen LogP contribution < -0.4 is 5.43 Å². The van der Waals surface area contributed by atoms with E-state index in [0.717, 1.165) is 23.4 Å². The summed E-state index contributed by atoms with van der Waals surface area (Å²) < 4.78 is 37.4. The molecule has 0 atom stereocenters. The summed E-state index contributed by atoms with van der Waals surface area (Å²) in [5, 5.41) is 6.52. The minimum atomic E-state index is -4.33. The SMILES string of the molecule is FC(F)(F)c1ccc(/C=N/Nc2nc(-c3ccccc3)cs2)cc1. The second kappa shape index (κ2) is 6.84. The quantitative estimate of drug-likeness (QED) is 0.515. The fourth-order valence-electron chi connectivity index (χ4n) is 1.99. The van der Waals surface area contributed by atoms with Crippen LogP contribution in [0.3, 0.4) is 0 Å². The molecule has 0 unspecified atom stereocenters. The van der Waals surface area contributed by atoms with Gasteiger partial charge in [-0.25, -0.2) is 4.98 Å². The van der Waals surface area contributed by atoms with Crippen LogP contribution >= 0.6 is 11.3 Å². The molecule has 0 saturated heterocycles. The molecule has 7 heteroatoms. The second-order valence-corrected chi connectivity index (χ2v) is 5.75. The van der Waals surface area contributed by atoms with Crippen molar-refractivity contribution >= 4 is 22.7 Å². The summed E-state index contributed by atoms with van der Waals surface area (Å²) in [4.78, 5) is 4.40. The van der Waals surface area contributed by atoms with Gasteiger partial charge in [0.2, 0.25) is 5.13 Å². The van der Waals surface area contributed by atoms with Gasteiger partial charge in [-0.15, -0.1) is 11.3 Å². The van der Waals surface area contributed by atoms with E-state index < -0.39 is 11.7 Å². The van der Waals surface area contributed by atoms with E-state index in [1.54, 1.807) is 0 Å². The maximum absolute atomic E-state index is 12.5. The number of rotatable bonds is 4. The Labute approximate surface area is 140 Å². The molecule has 1 heterocycles. The zero-order chi connectivity index (χ0) is 17.0. The number of halogens is 3. The molecule has 0 aliphatic carbocycles. The van der Waals surface area contributed by atoms with Crippen LogP contribution in [0.5, 0.6) is 0 Å². The molecule has 24 heavy (non-hydrogen) atoms. The van der Waals surface area contributed by atoms with Crippen molar-refractivity contribution in [2.24, 2.45) is 5.10 Å². The van der Waals surface area contributed by atoms with E-state index in [-0.39, 0.29) is 0 Å². The Morgan fingerprint density at radius 2 is 1.71 bits per heavy atom. The molecule has 0 radical (unpaired) electrons. The van der Waals surface area contributed by atoms with Gasteiger partial charge in [0.15, 0.2) is 0 Å². The van der Waals surface area contributed by atoms with Crippen molar-refractivity contribution in [1.82, 2.24) is 4.98 Å². The van der Waals surface area contributed by atoms with Gasteiger partial charge in [0.05, 0.1) is 17.5 Å². The molecule has 1 N–H and O–H groups in total. The van der Waals surface area contributed by atoms with Crippen molar-refractivity contribution in [2.45, 2.75) is 6.18 Å². The van der Waals surface area contributed by atoms with Gasteiger partial charge in [-0.3, -0.25) is 5.43 Å². The first kappa shape index (κ1) is 16.2. The van der Waals surface area contributed by atoms with Crippen molar-refractivity contribution in [3.8, 4) is 11.3 Å². The zero-order valence-electron chi connectivity index (χ0n) is 12.3. The lowest BCUT2D eigenvalue weighted by atomic mass is 10.1. The summed E-state index contributed by atoms with van der Waals surface area (Å²) in [6.07, 6.45) is -2.88. The monoisotopic (exact) mass is 347 g/mol. The number of thiazole rings is 1. The fourth-order valence-corrected chi connectivity index (χ4v) is 2.66. The van der Waals surface area contributed by atoms with Gasteiger partial charge in [0.1, 0.15) is 0 Å². The number of anilines is 1. The van der Waals surface area contributed by atoms with Crippen molar-refractivity contribution < 1.29 is 13.2 Å². The van der Waals surface area contributed by atoms with E-state index in [2.05, 4.69) is 15.5 Å².